The molecule has 92 valence electrons. The Morgan fingerprint density at radius 3 is 2.71 bits per heavy atom. The van der Waals surface area contributed by atoms with E-state index in [-0.39, 0.29) is 23.1 Å². The summed E-state index contributed by atoms with van der Waals surface area (Å²) in [6.07, 6.45) is 2.49. The zero-order valence-corrected chi connectivity index (χ0v) is 9.93. The molecular formula is C12H13ClFNO2. The van der Waals surface area contributed by atoms with Gasteiger partial charge in [0.2, 0.25) is 0 Å². The number of amides is 1. The lowest BCUT2D eigenvalue weighted by atomic mass is 9.77. The molecule has 2 N–H and O–H groups in total. The van der Waals surface area contributed by atoms with E-state index >= 15 is 0 Å². The molecule has 1 aliphatic rings. The molecular weight excluding hydrogens is 245 g/mol. The number of rotatable bonds is 3. The summed E-state index contributed by atoms with van der Waals surface area (Å²) < 4.78 is 13.2. The van der Waals surface area contributed by atoms with Crippen LogP contribution in [0, 0.1) is 5.82 Å². The fourth-order valence-electron chi connectivity index (χ4n) is 1.88. The molecule has 17 heavy (non-hydrogen) atoms. The normalized spacial score (nSPS) is 17.4. The maximum atomic E-state index is 13.2. The Labute approximate surface area is 104 Å². The highest BCUT2D eigenvalue weighted by molar-refractivity contribution is 6.30. The van der Waals surface area contributed by atoms with Crippen LogP contribution in [-0.4, -0.2) is 23.2 Å². The number of carbonyl (C=O) groups excluding carboxylic acids is 1. The summed E-state index contributed by atoms with van der Waals surface area (Å²) in [5.74, 6) is -1.000. The number of benzene rings is 1. The van der Waals surface area contributed by atoms with Gasteiger partial charge in [0.1, 0.15) is 5.82 Å². The van der Waals surface area contributed by atoms with Crippen LogP contribution in [0.2, 0.25) is 5.02 Å². The summed E-state index contributed by atoms with van der Waals surface area (Å²) in [4.78, 5) is 11.8. The van der Waals surface area contributed by atoms with Crippen molar-refractivity contribution < 1.29 is 14.3 Å². The molecule has 0 saturated heterocycles. The summed E-state index contributed by atoms with van der Waals surface area (Å²) in [5.41, 5.74) is -0.306. The van der Waals surface area contributed by atoms with Gasteiger partial charge in [0, 0.05) is 5.56 Å². The van der Waals surface area contributed by atoms with Gasteiger partial charge in [-0.05, 0) is 37.5 Å². The molecule has 1 aromatic rings. The number of aliphatic hydroxyl groups is 1. The predicted octanol–water partition coefficient (Wildman–Crippen LogP) is 2.12. The molecule has 1 amide bonds. The lowest BCUT2D eigenvalue weighted by Gasteiger charge is -2.40. The van der Waals surface area contributed by atoms with E-state index in [9.17, 15) is 14.3 Å². The Hall–Kier alpha value is -1.13. The maximum Gasteiger partial charge on any atom is 0.251 e. The molecule has 3 nitrogen and oxygen atoms in total. The van der Waals surface area contributed by atoms with Crippen molar-refractivity contribution in [2.24, 2.45) is 0 Å². The fourth-order valence-corrected chi connectivity index (χ4v) is 1.99. The second-order valence-electron chi connectivity index (χ2n) is 4.38. The monoisotopic (exact) mass is 257 g/mol. The van der Waals surface area contributed by atoms with Crippen LogP contribution < -0.4 is 5.32 Å². The first-order valence-electron chi connectivity index (χ1n) is 5.45. The van der Waals surface area contributed by atoms with Crippen molar-refractivity contribution >= 4 is 17.5 Å². The van der Waals surface area contributed by atoms with Crippen molar-refractivity contribution in [2.45, 2.75) is 24.8 Å². The van der Waals surface area contributed by atoms with Gasteiger partial charge in [-0.15, -0.1) is 0 Å². The molecule has 0 aliphatic heterocycles. The molecule has 0 bridgehead atoms. The van der Waals surface area contributed by atoms with Gasteiger partial charge in [-0.2, -0.15) is 0 Å². The van der Waals surface area contributed by atoms with Crippen LogP contribution in [0.5, 0.6) is 0 Å². The Balaban J connectivity index is 2.11. The Kier molecular flexibility index (Phi) is 3.35. The first-order chi connectivity index (χ1) is 8.06. The molecule has 0 heterocycles. The minimum Gasteiger partial charge on any atom is -0.394 e. The fraction of sp³-hybridized carbons (Fsp3) is 0.417. The van der Waals surface area contributed by atoms with E-state index in [1.165, 1.54) is 12.1 Å². The number of aliphatic hydroxyl groups excluding tert-OH is 1. The van der Waals surface area contributed by atoms with Gasteiger partial charge < -0.3 is 10.4 Å². The molecule has 1 aliphatic carbocycles. The molecule has 5 heteroatoms. The quantitative estimate of drug-likeness (QED) is 0.872. The van der Waals surface area contributed by atoms with E-state index in [1.54, 1.807) is 0 Å². The van der Waals surface area contributed by atoms with Crippen LogP contribution in [-0.2, 0) is 0 Å². The van der Waals surface area contributed by atoms with Gasteiger partial charge in [-0.3, -0.25) is 4.79 Å². The third-order valence-corrected chi connectivity index (χ3v) is 3.48. The van der Waals surface area contributed by atoms with Crippen LogP contribution in [0.25, 0.3) is 0 Å². The van der Waals surface area contributed by atoms with Crippen molar-refractivity contribution in [3.8, 4) is 0 Å². The van der Waals surface area contributed by atoms with Crippen LogP contribution in [0.15, 0.2) is 18.2 Å². The lowest BCUT2D eigenvalue weighted by Crippen LogP contribution is -2.56. The molecule has 0 atom stereocenters. The van der Waals surface area contributed by atoms with E-state index in [1.807, 2.05) is 0 Å². The minimum atomic E-state index is -0.619. The predicted molar refractivity (Wildman–Crippen MR) is 62.5 cm³/mol. The minimum absolute atomic E-state index is 0.0120. The van der Waals surface area contributed by atoms with Gasteiger partial charge in [0.15, 0.2) is 0 Å². The van der Waals surface area contributed by atoms with Crippen LogP contribution in [0.4, 0.5) is 4.39 Å². The van der Waals surface area contributed by atoms with Crippen LogP contribution in [0.3, 0.4) is 0 Å². The molecule has 2 rings (SSSR count). The average Bonchev–Trinajstić information content (AvgIpc) is 2.27. The number of hydrogen-bond donors (Lipinski definition) is 2. The molecule has 0 unspecified atom stereocenters. The average molecular weight is 258 g/mol. The molecule has 1 fully saturated rings. The first kappa shape index (κ1) is 12.3. The smallest absolute Gasteiger partial charge is 0.251 e. The second kappa shape index (κ2) is 4.63. The Morgan fingerprint density at radius 2 is 2.24 bits per heavy atom. The third kappa shape index (κ3) is 2.42. The lowest BCUT2D eigenvalue weighted by molar-refractivity contribution is 0.0641. The van der Waals surface area contributed by atoms with Crippen LogP contribution >= 0.6 is 11.6 Å². The largest absolute Gasteiger partial charge is 0.394 e. The van der Waals surface area contributed by atoms with Gasteiger partial charge in [-0.25, -0.2) is 4.39 Å². The highest BCUT2D eigenvalue weighted by Gasteiger charge is 2.37. The van der Waals surface area contributed by atoms with Crippen molar-refractivity contribution in [3.05, 3.63) is 34.6 Å². The molecule has 1 aromatic carbocycles. The maximum absolute atomic E-state index is 13.2. The van der Waals surface area contributed by atoms with Crippen molar-refractivity contribution in [3.63, 3.8) is 0 Å². The third-order valence-electron chi connectivity index (χ3n) is 3.17. The van der Waals surface area contributed by atoms with E-state index in [0.29, 0.717) is 0 Å². The van der Waals surface area contributed by atoms with Gasteiger partial charge in [0.05, 0.1) is 17.2 Å². The van der Waals surface area contributed by atoms with E-state index < -0.39 is 11.4 Å². The SMILES string of the molecule is O=C(NC1(CO)CCC1)c1ccc(Cl)c(F)c1. The number of hydrogen-bond acceptors (Lipinski definition) is 2. The summed E-state index contributed by atoms with van der Waals surface area (Å²) in [6.45, 7) is -0.0885. The number of nitrogens with one attached hydrogen (secondary N) is 1. The Bertz CT molecular complexity index is 441. The Morgan fingerprint density at radius 1 is 1.53 bits per heavy atom. The van der Waals surface area contributed by atoms with Gasteiger partial charge >= 0.3 is 0 Å². The van der Waals surface area contributed by atoms with Crippen molar-refractivity contribution in [2.75, 3.05) is 6.61 Å². The summed E-state index contributed by atoms with van der Waals surface area (Å²) in [5, 5.41) is 12.0. The zero-order valence-electron chi connectivity index (χ0n) is 9.17. The molecule has 0 radical (unpaired) electrons. The first-order valence-corrected chi connectivity index (χ1v) is 5.82. The van der Waals surface area contributed by atoms with E-state index in [0.717, 1.165) is 25.3 Å². The van der Waals surface area contributed by atoms with Crippen LogP contribution in [0.1, 0.15) is 29.6 Å². The number of carbonyl (C=O) groups is 1. The summed E-state index contributed by atoms with van der Waals surface area (Å²) >= 11 is 5.54. The van der Waals surface area contributed by atoms with Gasteiger partial charge in [0.25, 0.3) is 5.91 Å². The summed E-state index contributed by atoms with van der Waals surface area (Å²) in [7, 11) is 0. The molecule has 1 saturated carbocycles. The highest BCUT2D eigenvalue weighted by atomic mass is 35.5. The number of halogens is 2. The highest BCUT2D eigenvalue weighted by Crippen LogP contribution is 2.31. The molecule has 0 spiro atoms. The molecule has 0 aromatic heterocycles. The van der Waals surface area contributed by atoms with E-state index in [4.69, 9.17) is 11.6 Å². The van der Waals surface area contributed by atoms with Gasteiger partial charge in [-0.1, -0.05) is 11.6 Å². The topological polar surface area (TPSA) is 49.3 Å². The van der Waals surface area contributed by atoms with Crippen molar-refractivity contribution in [1.29, 1.82) is 0 Å². The second-order valence-corrected chi connectivity index (χ2v) is 4.78. The van der Waals surface area contributed by atoms with E-state index in [2.05, 4.69) is 5.32 Å². The standard InChI is InChI=1S/C12H13ClFNO2/c13-9-3-2-8(6-10(9)14)11(17)15-12(7-16)4-1-5-12/h2-3,6,16H,1,4-5,7H2,(H,15,17). The summed E-state index contributed by atoms with van der Waals surface area (Å²) in [6, 6.07) is 3.91. The van der Waals surface area contributed by atoms with Crippen molar-refractivity contribution in [1.82, 2.24) is 5.32 Å². The zero-order chi connectivity index (χ0) is 12.5.